The van der Waals surface area contributed by atoms with Crippen molar-refractivity contribution in [2.75, 3.05) is 6.61 Å². The van der Waals surface area contributed by atoms with Crippen molar-refractivity contribution in [3.63, 3.8) is 0 Å². The number of hydrogen-bond acceptors (Lipinski definition) is 5. The Balaban J connectivity index is 2.81. The maximum Gasteiger partial charge on any atom is 0.338 e. The Morgan fingerprint density at radius 1 is 1.08 bits per heavy atom. The van der Waals surface area contributed by atoms with Gasteiger partial charge in [0, 0.05) is 0 Å². The molecule has 0 aliphatic heterocycles. The van der Waals surface area contributed by atoms with Crippen molar-refractivity contribution in [2.24, 2.45) is 11.7 Å². The van der Waals surface area contributed by atoms with E-state index in [0.717, 1.165) is 0 Å². The van der Waals surface area contributed by atoms with Gasteiger partial charge in [0.1, 0.15) is 0 Å². The number of hydrogen-bond donors (Lipinski definition) is 2. The molecule has 12 heteroatoms. The molecule has 0 spiro atoms. The monoisotopic (exact) mass is 376 g/mol. The minimum Gasteiger partial charge on any atom is -0.463 e. The zero-order valence-electron chi connectivity index (χ0n) is 12.5. The summed E-state index contributed by atoms with van der Waals surface area (Å²) in [6.45, 7) is 3.48. The highest BCUT2D eigenvalue weighted by atomic mass is 31.1. The second-order valence-corrected chi connectivity index (χ2v) is 6.00. The largest absolute Gasteiger partial charge is 0.463 e. The van der Waals surface area contributed by atoms with Crippen molar-refractivity contribution >= 4 is 14.1 Å². The van der Waals surface area contributed by atoms with E-state index in [1.165, 1.54) is 0 Å². The van der Waals surface area contributed by atoms with Crippen LogP contribution in [0.3, 0.4) is 0 Å². The van der Waals surface area contributed by atoms with E-state index in [2.05, 4.69) is 4.52 Å². The standard InChI is InChI=1S/C12H14F5N2O4P/c1-4(2)3-22-12(20)11(18)19-24(21)23-10-8(16)6(14)5(13)7(15)9(10)17/h4,11,24H,3,18H2,1-2H3,(H,19,21)/t11-/m1/s1. The summed E-state index contributed by atoms with van der Waals surface area (Å²) in [7, 11) is -3.68. The van der Waals surface area contributed by atoms with E-state index >= 15 is 0 Å². The van der Waals surface area contributed by atoms with E-state index in [1.807, 2.05) is 5.09 Å². The summed E-state index contributed by atoms with van der Waals surface area (Å²) in [5.74, 6) is -14.3. The van der Waals surface area contributed by atoms with Crippen LogP contribution >= 0.6 is 8.18 Å². The number of carbonyl (C=O) groups excluding carboxylic acids is 1. The SMILES string of the molecule is CC(C)COC(=O)[C@H](N)N[PH](=O)Oc1c(F)c(F)c(F)c(F)c1F. The van der Waals surface area contributed by atoms with E-state index < -0.39 is 55.1 Å². The van der Waals surface area contributed by atoms with Crippen LogP contribution in [-0.4, -0.2) is 18.7 Å². The summed E-state index contributed by atoms with van der Waals surface area (Å²) < 4.78 is 85.9. The number of benzene rings is 1. The molecule has 0 fully saturated rings. The Bertz CT molecular complexity index is 630. The highest BCUT2D eigenvalue weighted by Gasteiger charge is 2.28. The van der Waals surface area contributed by atoms with Crippen molar-refractivity contribution in [2.45, 2.75) is 20.0 Å². The molecule has 0 aliphatic rings. The summed E-state index contributed by atoms with van der Waals surface area (Å²) in [6, 6.07) is 0. The highest BCUT2D eigenvalue weighted by Crippen LogP contribution is 2.33. The number of nitrogens with two attached hydrogens (primary N) is 1. The molecule has 1 aromatic rings. The fourth-order valence-corrected chi connectivity index (χ4v) is 2.12. The topological polar surface area (TPSA) is 90.6 Å². The van der Waals surface area contributed by atoms with Crippen molar-refractivity contribution in [1.82, 2.24) is 5.09 Å². The Hall–Kier alpha value is -1.71. The van der Waals surface area contributed by atoms with Gasteiger partial charge in [0.25, 0.3) is 0 Å². The third kappa shape index (κ3) is 4.89. The zero-order valence-corrected chi connectivity index (χ0v) is 13.5. The van der Waals surface area contributed by atoms with Gasteiger partial charge in [0.05, 0.1) is 6.61 Å². The first-order valence-corrected chi connectivity index (χ1v) is 7.79. The molecule has 0 aromatic heterocycles. The van der Waals surface area contributed by atoms with Gasteiger partial charge in [-0.25, -0.2) is 23.1 Å². The lowest BCUT2D eigenvalue weighted by Gasteiger charge is -2.15. The van der Waals surface area contributed by atoms with Crippen LogP contribution in [0.5, 0.6) is 5.75 Å². The second-order valence-electron chi connectivity index (χ2n) is 4.93. The molecular formula is C12H14F5N2O4P. The van der Waals surface area contributed by atoms with E-state index in [9.17, 15) is 31.3 Å². The third-order valence-electron chi connectivity index (χ3n) is 2.45. The predicted octanol–water partition coefficient (Wildman–Crippen LogP) is 2.22. The van der Waals surface area contributed by atoms with Gasteiger partial charge in [-0.3, -0.25) is 4.57 Å². The maximum atomic E-state index is 13.3. The molecule has 2 atom stereocenters. The van der Waals surface area contributed by atoms with Crippen molar-refractivity contribution in [1.29, 1.82) is 0 Å². The lowest BCUT2D eigenvalue weighted by Crippen LogP contribution is -2.42. The molecule has 0 aliphatic carbocycles. The van der Waals surface area contributed by atoms with Crippen LogP contribution in [-0.2, 0) is 14.1 Å². The first-order chi connectivity index (χ1) is 11.1. The first-order valence-electron chi connectivity index (χ1n) is 6.48. The Morgan fingerprint density at radius 2 is 1.54 bits per heavy atom. The van der Waals surface area contributed by atoms with Gasteiger partial charge in [-0.05, 0) is 5.92 Å². The van der Waals surface area contributed by atoms with Gasteiger partial charge in [-0.15, -0.1) is 0 Å². The predicted molar refractivity (Wildman–Crippen MR) is 72.8 cm³/mol. The number of ether oxygens (including phenoxy) is 1. The highest BCUT2D eigenvalue weighted by molar-refractivity contribution is 7.37. The number of halogens is 5. The fraction of sp³-hybridized carbons (Fsp3) is 0.417. The van der Waals surface area contributed by atoms with E-state index in [-0.39, 0.29) is 12.5 Å². The zero-order chi connectivity index (χ0) is 18.6. The van der Waals surface area contributed by atoms with Gasteiger partial charge in [-0.1, -0.05) is 13.8 Å². The average Bonchev–Trinajstić information content (AvgIpc) is 2.52. The van der Waals surface area contributed by atoms with E-state index in [1.54, 1.807) is 13.8 Å². The smallest absolute Gasteiger partial charge is 0.338 e. The Kier molecular flexibility index (Phi) is 7.12. The number of nitrogens with one attached hydrogen (secondary N) is 1. The van der Waals surface area contributed by atoms with Crippen LogP contribution in [0.1, 0.15) is 13.8 Å². The van der Waals surface area contributed by atoms with Crippen LogP contribution in [0.4, 0.5) is 22.0 Å². The molecule has 0 amide bonds. The number of esters is 1. The molecule has 3 N–H and O–H groups in total. The lowest BCUT2D eigenvalue weighted by atomic mass is 10.2. The summed E-state index contributed by atoms with van der Waals surface area (Å²) in [4.78, 5) is 11.4. The van der Waals surface area contributed by atoms with E-state index in [4.69, 9.17) is 10.5 Å². The molecular weight excluding hydrogens is 362 g/mol. The van der Waals surface area contributed by atoms with Gasteiger partial charge in [0.2, 0.25) is 34.8 Å². The lowest BCUT2D eigenvalue weighted by molar-refractivity contribution is -0.146. The van der Waals surface area contributed by atoms with Crippen molar-refractivity contribution in [3.8, 4) is 5.75 Å². The van der Waals surface area contributed by atoms with Crippen molar-refractivity contribution < 1.29 is 40.6 Å². The minimum absolute atomic E-state index is 0.00758. The molecule has 0 saturated heterocycles. The van der Waals surface area contributed by atoms with Crippen LogP contribution in [0.2, 0.25) is 0 Å². The van der Waals surface area contributed by atoms with Crippen LogP contribution in [0.25, 0.3) is 0 Å². The summed E-state index contributed by atoms with van der Waals surface area (Å²) in [5, 5.41) is 1.82. The van der Waals surface area contributed by atoms with Crippen LogP contribution < -0.4 is 15.3 Å². The molecule has 24 heavy (non-hydrogen) atoms. The Labute approximate surface area is 134 Å². The molecule has 0 heterocycles. The molecule has 136 valence electrons. The quantitative estimate of drug-likeness (QED) is 0.189. The molecule has 0 bridgehead atoms. The normalized spacial score (nSPS) is 13.7. The molecule has 1 unspecified atom stereocenters. The summed E-state index contributed by atoms with van der Waals surface area (Å²) in [6.07, 6.45) is -1.68. The second kappa shape index (κ2) is 8.41. The minimum atomic E-state index is -3.68. The molecule has 1 rings (SSSR count). The first kappa shape index (κ1) is 20.3. The number of carbonyl (C=O) groups is 1. The van der Waals surface area contributed by atoms with Crippen LogP contribution in [0, 0.1) is 35.0 Å². The molecule has 0 saturated carbocycles. The van der Waals surface area contributed by atoms with Gasteiger partial charge in [0.15, 0.2) is 6.17 Å². The Morgan fingerprint density at radius 3 is 2.00 bits per heavy atom. The molecule has 6 nitrogen and oxygen atoms in total. The fourth-order valence-electron chi connectivity index (χ4n) is 1.32. The average molecular weight is 376 g/mol. The molecule has 0 radical (unpaired) electrons. The third-order valence-corrected chi connectivity index (χ3v) is 3.39. The van der Waals surface area contributed by atoms with Crippen LogP contribution in [0.15, 0.2) is 0 Å². The van der Waals surface area contributed by atoms with Gasteiger partial charge < -0.3 is 15.0 Å². The summed E-state index contributed by atoms with van der Waals surface area (Å²) >= 11 is 0. The number of rotatable bonds is 7. The van der Waals surface area contributed by atoms with Gasteiger partial charge in [-0.2, -0.15) is 8.78 Å². The maximum absolute atomic E-state index is 13.3. The van der Waals surface area contributed by atoms with Gasteiger partial charge >= 0.3 is 14.1 Å². The summed E-state index contributed by atoms with van der Waals surface area (Å²) in [5.41, 5.74) is 5.28. The molecule has 1 aromatic carbocycles. The van der Waals surface area contributed by atoms with Crippen molar-refractivity contribution in [3.05, 3.63) is 29.1 Å². The van der Waals surface area contributed by atoms with E-state index in [0.29, 0.717) is 0 Å².